The number of hydrogen-bond acceptors (Lipinski definition) is 20. The zero-order chi connectivity index (χ0) is 96.5. The number of carbonyl (C=O) groups excluding carboxylic acids is 4. The third-order valence-corrected chi connectivity index (χ3v) is 27.6. The van der Waals surface area contributed by atoms with Crippen LogP contribution in [0.2, 0.25) is 0 Å². The molecule has 0 bridgehead atoms. The third kappa shape index (κ3) is 50.2. The number of piperidine rings is 5. The number of carbonyl (C=O) groups is 4. The summed E-state index contributed by atoms with van der Waals surface area (Å²) in [5, 5.41) is 20.6. The Labute approximate surface area is 802 Å². The average molecular weight is 1850 g/mol. The number of unbranched alkanes of at least 4 members (excludes halogenated alkanes) is 40. The number of ether oxygens (including phenoxy) is 5. The Morgan fingerprint density at radius 1 is 0.254 bits per heavy atom. The molecule has 0 aromatic heterocycles. The van der Waals surface area contributed by atoms with Gasteiger partial charge in [-0.3, -0.25) is 33.7 Å². The monoisotopic (exact) mass is 1850 g/mol. The Kier molecular flexibility index (Phi) is 59.8. The second-order valence-corrected chi connectivity index (χ2v) is 47.2. The van der Waals surface area contributed by atoms with Crippen LogP contribution in [0.4, 0.5) is 4.79 Å². The van der Waals surface area contributed by atoms with Crippen LogP contribution in [0.1, 0.15) is 560 Å². The van der Waals surface area contributed by atoms with Crippen LogP contribution >= 0.6 is 0 Å². The summed E-state index contributed by atoms with van der Waals surface area (Å²) in [5.41, 5.74) is -3.27. The van der Waals surface area contributed by atoms with E-state index in [2.05, 4.69) is 181 Å². The molecule has 1 N–H and O–H groups in total. The minimum atomic E-state index is -0.886. The molecule has 20 heteroatoms. The van der Waals surface area contributed by atoms with Gasteiger partial charge in [0, 0.05) is 139 Å². The van der Waals surface area contributed by atoms with Crippen molar-refractivity contribution in [1.82, 2.24) is 25.3 Å². The molecule has 5 fully saturated rings. The molecule has 0 aromatic carbocycles. The Morgan fingerprint density at radius 2 is 0.415 bits per heavy atom. The Balaban J connectivity index is 0.000000664. The van der Waals surface area contributed by atoms with Gasteiger partial charge in [0.2, 0.25) is 0 Å². The maximum atomic E-state index is 13.2. The Morgan fingerprint density at radius 3 is 0.600 bits per heavy atom. The fourth-order valence-corrected chi connectivity index (χ4v) is 22.5. The molecule has 5 rings (SSSR count). The molecule has 0 aliphatic carbocycles. The van der Waals surface area contributed by atoms with Gasteiger partial charge in [0.15, 0.2) is 0 Å². The number of nitrogens with zero attached hydrogens (tertiary/aromatic N) is 5. The first-order valence-electron chi connectivity index (χ1n) is 53.8. The fourth-order valence-electron chi connectivity index (χ4n) is 22.5. The summed E-state index contributed by atoms with van der Waals surface area (Å²) in [6.07, 6.45) is 64.3. The smallest absolute Gasteiger partial charge is 0.462 e. The van der Waals surface area contributed by atoms with Crippen LogP contribution in [0.25, 0.3) is 0 Å². The highest BCUT2D eigenvalue weighted by Gasteiger charge is 2.53. The van der Waals surface area contributed by atoms with E-state index in [1.807, 2.05) is 10.1 Å². The number of hydrogen-bond donors (Lipinski definition) is 1. The van der Waals surface area contributed by atoms with Crippen molar-refractivity contribution in [3.63, 3.8) is 0 Å². The van der Waals surface area contributed by atoms with Gasteiger partial charge in [0.1, 0.15) is 30.5 Å². The number of rotatable bonds is 64. The summed E-state index contributed by atoms with van der Waals surface area (Å²) in [5.74, 6) is -0.243. The zero-order valence-corrected chi connectivity index (χ0v) is 89.6. The number of esters is 3. The molecule has 0 spiro atoms. The van der Waals surface area contributed by atoms with Crippen LogP contribution in [-0.4, -0.2) is 180 Å². The topological polar surface area (TPSA) is 197 Å². The summed E-state index contributed by atoms with van der Waals surface area (Å²) in [7, 11) is 1.71. The van der Waals surface area contributed by atoms with E-state index >= 15 is 0 Å². The maximum absolute atomic E-state index is 13.2. The highest BCUT2D eigenvalue weighted by Crippen LogP contribution is 2.46. The van der Waals surface area contributed by atoms with Crippen molar-refractivity contribution in [3.8, 4) is 0 Å². The first kappa shape index (κ1) is 123. The molecule has 0 saturated carbocycles. The minimum absolute atomic E-state index is 0. The number of aliphatic hydroxyl groups is 1. The average Bonchev–Trinajstić information content (AvgIpc) is 0.798. The van der Waals surface area contributed by atoms with E-state index in [0.29, 0.717) is 44.9 Å². The van der Waals surface area contributed by atoms with Crippen molar-refractivity contribution < 1.29 is 72.2 Å². The molecule has 20 nitrogen and oxygen atoms in total. The van der Waals surface area contributed by atoms with Gasteiger partial charge in [-0.25, -0.2) is 4.79 Å². The molecule has 5 aliphatic heterocycles. The van der Waals surface area contributed by atoms with Crippen molar-refractivity contribution in [2.24, 2.45) is 0 Å². The fraction of sp³-hybridized carbons (Fsp3) is 0.964. The van der Waals surface area contributed by atoms with Crippen molar-refractivity contribution in [2.75, 3.05) is 33.5 Å². The van der Waals surface area contributed by atoms with Crippen LogP contribution in [0.15, 0.2) is 0 Å². The second-order valence-electron chi connectivity index (χ2n) is 47.2. The second kappa shape index (κ2) is 63.0. The van der Waals surface area contributed by atoms with Crippen molar-refractivity contribution in [2.45, 2.75) is 651 Å². The summed E-state index contributed by atoms with van der Waals surface area (Å²) in [6.45, 7) is 58.4. The van der Waals surface area contributed by atoms with Crippen molar-refractivity contribution in [3.05, 3.63) is 0 Å². The van der Waals surface area contributed by atoms with Crippen LogP contribution in [0.5, 0.6) is 0 Å². The van der Waals surface area contributed by atoms with Crippen LogP contribution < -0.4 is 0 Å². The van der Waals surface area contributed by atoms with Crippen LogP contribution in [0, 0.1) is 0 Å². The highest BCUT2D eigenvalue weighted by molar-refractivity contribution is 5.70. The van der Waals surface area contributed by atoms with E-state index in [1.165, 1.54) is 218 Å². The summed E-state index contributed by atoms with van der Waals surface area (Å²) < 4.78 is 29.8. The molecule has 0 radical (unpaired) electrons. The molecule has 5 heterocycles. The highest BCUT2D eigenvalue weighted by atomic mass is 16.7. The van der Waals surface area contributed by atoms with Gasteiger partial charge in [-0.2, -0.15) is 25.3 Å². The van der Waals surface area contributed by atoms with E-state index in [1.54, 1.807) is 21.0 Å². The molecule has 0 aromatic rings. The molecule has 0 atom stereocenters. The quantitative estimate of drug-likeness (QED) is 0.0342. The van der Waals surface area contributed by atoms with Gasteiger partial charge in [0.05, 0.1) is 39.1 Å². The largest absolute Gasteiger partial charge is 0.508 e. The number of hydroxylamine groups is 10. The van der Waals surface area contributed by atoms with Gasteiger partial charge < -0.3 is 33.6 Å². The van der Waals surface area contributed by atoms with Gasteiger partial charge in [-0.15, -0.1) is 0 Å². The predicted molar refractivity (Wildman–Crippen MR) is 539 cm³/mol. The summed E-state index contributed by atoms with van der Waals surface area (Å²) >= 11 is 0. The first-order chi connectivity index (χ1) is 60.6. The van der Waals surface area contributed by atoms with E-state index in [-0.39, 0.29) is 118 Å². The standard InChI is InChI=1S/C41H80N2O5.C37H70N2O6.C31H61NO4.CH4/c1-11-13-15-17-19-21-23-25-27-29-45-42-38(3,4)31-35(32-39(42,5)6)47-37(44)48-36-33-40(7,8)43(41(9,10)34-36)46-30-28-26-24-22-20-18-16-14-12-2;1-11-12-13-14-19-22-25-43-39-36(6,7)28-31(29-37(39,8)9)45-33(41)24-21-18-16-15-17-20-23-32(40)44-30-26-34(2,3)38(42-10)35(4,5)27-30;1-8-9-10-11-12-13-14-15-16-17-18-19-20-21-22-23-28(33)36-27-24-29(2,3)32(30(4,5)25-27)35-26-31(6,7)34;/h35-36H,11-34H2,1-10H3;30-31H,11-29H2,1-10H3;27,34H,8-26H2,1-7H3;1H4. The summed E-state index contributed by atoms with van der Waals surface area (Å²) in [4.78, 5) is 81.8. The van der Waals surface area contributed by atoms with E-state index in [4.69, 9.17) is 47.9 Å². The lowest BCUT2D eigenvalue weighted by Gasteiger charge is -2.54. The third-order valence-electron chi connectivity index (χ3n) is 27.6. The molecular weight excluding hydrogens is 1630 g/mol. The van der Waals surface area contributed by atoms with Crippen molar-refractivity contribution in [1.29, 1.82) is 0 Å². The SMILES string of the molecule is C.CCCCCCCCCCCCCCCCCC(=O)OC1CC(C)(C)N(OCC(C)(C)O)C(C)(C)C1.CCCCCCCCCCCON1C(C)(C)CC(OC(=O)OC2CC(C)(C)N(OCCCCCCCCCCC)C(C)(C)C2)CC1(C)C.CCCCCCCCON1C(C)(C)CC(OC(=O)CCCCCCCCC(=O)OC2CC(C)(C)N(OC)C(C)(C)C2)CC1(C)C. The lowest BCUT2D eigenvalue weighted by atomic mass is 9.80. The lowest BCUT2D eigenvalue weighted by molar-refractivity contribution is -0.306. The molecular formula is C110H215N5O15. The van der Waals surface area contributed by atoms with Crippen LogP contribution in [-0.2, 0) is 62.3 Å². The maximum Gasteiger partial charge on any atom is 0.508 e. The van der Waals surface area contributed by atoms with Crippen molar-refractivity contribution >= 4 is 24.1 Å². The Bertz CT molecular complexity index is 2790. The van der Waals surface area contributed by atoms with E-state index < -0.39 is 11.8 Å². The first-order valence-corrected chi connectivity index (χ1v) is 53.8. The molecule has 0 unspecified atom stereocenters. The molecule has 5 saturated heterocycles. The van der Waals surface area contributed by atoms with E-state index in [9.17, 15) is 24.3 Å². The molecule has 770 valence electrons. The van der Waals surface area contributed by atoms with Gasteiger partial charge in [-0.1, -0.05) is 286 Å². The van der Waals surface area contributed by atoms with Gasteiger partial charge >= 0.3 is 24.1 Å². The lowest BCUT2D eigenvalue weighted by Crippen LogP contribution is -2.62. The van der Waals surface area contributed by atoms with E-state index in [0.717, 1.165) is 129 Å². The van der Waals surface area contributed by atoms with Gasteiger partial charge in [0.25, 0.3) is 0 Å². The normalized spacial score (nSPS) is 20.6. The minimum Gasteiger partial charge on any atom is -0.462 e. The zero-order valence-electron chi connectivity index (χ0n) is 89.6. The Hall–Kier alpha value is -2.76. The summed E-state index contributed by atoms with van der Waals surface area (Å²) in [6, 6.07) is 0. The molecule has 0 amide bonds. The van der Waals surface area contributed by atoms with Crippen LogP contribution in [0.3, 0.4) is 0 Å². The van der Waals surface area contributed by atoms with Gasteiger partial charge in [-0.05, 0) is 191 Å². The molecule has 130 heavy (non-hydrogen) atoms. The predicted octanol–water partition coefficient (Wildman–Crippen LogP) is 30.3. The molecule has 5 aliphatic rings.